The number of rotatable bonds is 2. The van der Waals surface area contributed by atoms with Gasteiger partial charge in [-0.15, -0.1) is 13.2 Å². The molecular formula is C11H8F4O2. The maximum absolute atomic E-state index is 13.1. The van der Waals surface area contributed by atoms with Crippen molar-refractivity contribution >= 4 is 0 Å². The predicted octanol–water partition coefficient (Wildman–Crippen LogP) is 2.46. The fraction of sp³-hybridized carbons (Fsp3) is 0.273. The molecular weight excluding hydrogens is 240 g/mol. The van der Waals surface area contributed by atoms with Gasteiger partial charge in [0, 0.05) is 12.0 Å². The van der Waals surface area contributed by atoms with E-state index in [-0.39, 0.29) is 18.6 Å². The van der Waals surface area contributed by atoms with Crippen LogP contribution in [0.15, 0.2) is 18.2 Å². The fourth-order valence-electron chi connectivity index (χ4n) is 1.01. The molecule has 0 saturated heterocycles. The molecule has 0 atom stereocenters. The minimum atomic E-state index is -4.93. The van der Waals surface area contributed by atoms with E-state index in [9.17, 15) is 17.6 Å². The summed E-state index contributed by atoms with van der Waals surface area (Å²) in [7, 11) is 0. The quantitative estimate of drug-likeness (QED) is 0.643. The van der Waals surface area contributed by atoms with Gasteiger partial charge in [-0.05, 0) is 18.2 Å². The molecule has 17 heavy (non-hydrogen) atoms. The van der Waals surface area contributed by atoms with Gasteiger partial charge >= 0.3 is 6.36 Å². The van der Waals surface area contributed by atoms with Crippen LogP contribution in [0.2, 0.25) is 0 Å². The normalized spacial score (nSPS) is 10.6. The van der Waals surface area contributed by atoms with E-state index >= 15 is 0 Å². The molecule has 0 radical (unpaired) electrons. The largest absolute Gasteiger partial charge is 0.573 e. The van der Waals surface area contributed by atoms with Crippen molar-refractivity contribution < 1.29 is 27.4 Å². The Bertz CT molecular complexity index is 443. The van der Waals surface area contributed by atoms with Crippen LogP contribution < -0.4 is 4.74 Å². The average molecular weight is 248 g/mol. The van der Waals surface area contributed by atoms with Gasteiger partial charge < -0.3 is 9.84 Å². The van der Waals surface area contributed by atoms with E-state index < -0.39 is 17.9 Å². The molecule has 0 saturated carbocycles. The molecule has 0 spiro atoms. The second-order valence-corrected chi connectivity index (χ2v) is 2.97. The fourth-order valence-corrected chi connectivity index (χ4v) is 1.01. The summed E-state index contributed by atoms with van der Waals surface area (Å²) in [6.45, 7) is -0.134. The highest BCUT2D eigenvalue weighted by molar-refractivity contribution is 5.39. The summed E-state index contributed by atoms with van der Waals surface area (Å²) < 4.78 is 52.1. The number of hydrogen-bond acceptors (Lipinski definition) is 2. The minimum absolute atomic E-state index is 0.134. The lowest BCUT2D eigenvalue weighted by Gasteiger charge is -2.09. The molecule has 6 heteroatoms. The third-order valence-corrected chi connectivity index (χ3v) is 1.63. The Kier molecular flexibility index (Phi) is 4.35. The molecule has 1 rings (SSSR count). The van der Waals surface area contributed by atoms with E-state index in [0.717, 1.165) is 12.1 Å². The molecule has 1 aromatic carbocycles. The van der Waals surface area contributed by atoms with Crippen molar-refractivity contribution in [2.24, 2.45) is 0 Å². The van der Waals surface area contributed by atoms with Crippen LogP contribution in [0.4, 0.5) is 17.6 Å². The molecule has 0 amide bonds. The van der Waals surface area contributed by atoms with Crippen LogP contribution in [0.1, 0.15) is 12.0 Å². The van der Waals surface area contributed by atoms with Crippen LogP contribution in [-0.2, 0) is 0 Å². The maximum atomic E-state index is 13.1. The Morgan fingerprint density at radius 2 is 2.00 bits per heavy atom. The summed E-state index contributed by atoms with van der Waals surface area (Å²) in [6.07, 6.45) is -4.71. The zero-order valence-electron chi connectivity index (χ0n) is 8.51. The third-order valence-electron chi connectivity index (χ3n) is 1.63. The van der Waals surface area contributed by atoms with Crippen LogP contribution >= 0.6 is 0 Å². The van der Waals surface area contributed by atoms with Gasteiger partial charge in [0.2, 0.25) is 0 Å². The van der Waals surface area contributed by atoms with Crippen molar-refractivity contribution in [3.05, 3.63) is 29.6 Å². The molecule has 0 aliphatic heterocycles. The first kappa shape index (κ1) is 13.3. The predicted molar refractivity (Wildman–Crippen MR) is 51.7 cm³/mol. The van der Waals surface area contributed by atoms with Gasteiger partial charge in [0.25, 0.3) is 0 Å². The molecule has 92 valence electrons. The highest BCUT2D eigenvalue weighted by Crippen LogP contribution is 2.25. The first-order valence-electron chi connectivity index (χ1n) is 4.57. The number of alkyl halides is 3. The van der Waals surface area contributed by atoms with Gasteiger partial charge in [0.15, 0.2) is 11.6 Å². The SMILES string of the molecule is OCCC#Cc1ccc(OC(F)(F)F)c(F)c1. The van der Waals surface area contributed by atoms with Gasteiger partial charge in [-0.3, -0.25) is 0 Å². The molecule has 2 nitrogen and oxygen atoms in total. The second-order valence-electron chi connectivity index (χ2n) is 2.97. The molecule has 0 bridgehead atoms. The second kappa shape index (κ2) is 5.55. The Morgan fingerprint density at radius 3 is 2.53 bits per heavy atom. The van der Waals surface area contributed by atoms with Crippen molar-refractivity contribution in [3.63, 3.8) is 0 Å². The zero-order chi connectivity index (χ0) is 12.9. The Hall–Kier alpha value is -1.74. The number of benzene rings is 1. The first-order valence-corrected chi connectivity index (χ1v) is 4.57. The summed E-state index contributed by atoms with van der Waals surface area (Å²) in [5.41, 5.74) is 0.213. The van der Waals surface area contributed by atoms with Crippen LogP contribution in [-0.4, -0.2) is 18.1 Å². The topological polar surface area (TPSA) is 29.5 Å². The standard InChI is InChI=1S/C11H8F4O2/c12-9-7-8(3-1-2-6-16)4-5-10(9)17-11(13,14)15/h4-5,7,16H,2,6H2. The van der Waals surface area contributed by atoms with Gasteiger partial charge in [-0.25, -0.2) is 4.39 Å². The maximum Gasteiger partial charge on any atom is 0.573 e. The number of ether oxygens (including phenoxy) is 1. The lowest BCUT2D eigenvalue weighted by molar-refractivity contribution is -0.275. The monoisotopic (exact) mass is 248 g/mol. The number of aliphatic hydroxyl groups excluding tert-OH is 1. The Morgan fingerprint density at radius 1 is 1.29 bits per heavy atom. The van der Waals surface area contributed by atoms with E-state index in [4.69, 9.17) is 5.11 Å². The zero-order valence-corrected chi connectivity index (χ0v) is 8.51. The average Bonchev–Trinajstić information content (AvgIpc) is 2.21. The summed E-state index contributed by atoms with van der Waals surface area (Å²) in [6, 6.07) is 2.89. The van der Waals surface area contributed by atoms with Crippen molar-refractivity contribution in [3.8, 4) is 17.6 Å². The molecule has 1 N–H and O–H groups in total. The van der Waals surface area contributed by atoms with Crippen molar-refractivity contribution in [2.45, 2.75) is 12.8 Å². The summed E-state index contributed by atoms with van der Waals surface area (Å²) in [4.78, 5) is 0. The van der Waals surface area contributed by atoms with Gasteiger partial charge in [-0.2, -0.15) is 0 Å². The molecule has 1 aromatic rings. The highest BCUT2D eigenvalue weighted by atomic mass is 19.4. The van der Waals surface area contributed by atoms with E-state index in [1.54, 1.807) is 0 Å². The number of hydrogen-bond donors (Lipinski definition) is 1. The van der Waals surface area contributed by atoms with Gasteiger partial charge in [0.1, 0.15) is 0 Å². The molecule has 0 aromatic heterocycles. The van der Waals surface area contributed by atoms with Gasteiger partial charge in [-0.1, -0.05) is 11.8 Å². The van der Waals surface area contributed by atoms with Gasteiger partial charge in [0.05, 0.1) is 6.61 Å². The Balaban J connectivity index is 2.84. The smallest absolute Gasteiger partial charge is 0.403 e. The van der Waals surface area contributed by atoms with Crippen molar-refractivity contribution in [1.82, 2.24) is 0 Å². The van der Waals surface area contributed by atoms with Crippen LogP contribution in [0.25, 0.3) is 0 Å². The number of aliphatic hydroxyl groups is 1. The lowest BCUT2D eigenvalue weighted by atomic mass is 10.2. The molecule has 0 heterocycles. The Labute approximate surface area is 94.8 Å². The third kappa shape index (κ3) is 4.74. The van der Waals surface area contributed by atoms with E-state index in [2.05, 4.69) is 16.6 Å². The van der Waals surface area contributed by atoms with E-state index in [1.807, 2.05) is 0 Å². The molecule has 0 fully saturated rings. The van der Waals surface area contributed by atoms with Crippen LogP contribution in [0.3, 0.4) is 0 Å². The lowest BCUT2D eigenvalue weighted by Crippen LogP contribution is -2.17. The highest BCUT2D eigenvalue weighted by Gasteiger charge is 2.32. The molecule has 0 aliphatic carbocycles. The van der Waals surface area contributed by atoms with Crippen LogP contribution in [0, 0.1) is 17.7 Å². The number of halogens is 4. The van der Waals surface area contributed by atoms with E-state index in [1.165, 1.54) is 6.07 Å². The van der Waals surface area contributed by atoms with Crippen molar-refractivity contribution in [1.29, 1.82) is 0 Å². The van der Waals surface area contributed by atoms with Crippen LogP contribution in [0.5, 0.6) is 5.75 Å². The van der Waals surface area contributed by atoms with Crippen molar-refractivity contribution in [2.75, 3.05) is 6.61 Å². The summed E-state index contributed by atoms with van der Waals surface area (Å²) in [5.74, 6) is 2.97. The summed E-state index contributed by atoms with van der Waals surface area (Å²) in [5, 5.41) is 8.45. The van der Waals surface area contributed by atoms with E-state index in [0.29, 0.717) is 0 Å². The minimum Gasteiger partial charge on any atom is -0.403 e. The summed E-state index contributed by atoms with van der Waals surface area (Å²) >= 11 is 0. The first-order chi connectivity index (χ1) is 7.92. The molecule has 0 unspecified atom stereocenters. The molecule has 0 aliphatic rings.